The molecule has 2 atom stereocenters. The van der Waals surface area contributed by atoms with Crippen LogP contribution >= 0.6 is 11.3 Å². The standard InChI is InChI=1S/C28H31FN2O7S2/c1-36-24-6-8-25(9-7-24)40(34,35)31(11-13-32)12-14-37-27-17-22(21-10-15-39-19-21)16-26(38-27)28(33)30-18-20-2-4-23(29)5-3-20/h2-10,15-16,19,22,27,32H,11-14,17-18H2,1H3,(H,30,33). The predicted octanol–water partition coefficient (Wildman–Crippen LogP) is 3.63. The van der Waals surface area contributed by atoms with Crippen molar-refractivity contribution in [2.75, 3.05) is 33.4 Å². The number of nitrogens with one attached hydrogen (secondary N) is 1. The van der Waals surface area contributed by atoms with Crippen LogP contribution < -0.4 is 10.1 Å². The first-order valence-corrected chi connectivity index (χ1v) is 15.0. The van der Waals surface area contributed by atoms with Crippen molar-refractivity contribution in [3.63, 3.8) is 0 Å². The van der Waals surface area contributed by atoms with Gasteiger partial charge in [-0.15, -0.1) is 0 Å². The maximum absolute atomic E-state index is 13.2. The van der Waals surface area contributed by atoms with E-state index in [9.17, 15) is 22.7 Å². The lowest BCUT2D eigenvalue weighted by Gasteiger charge is -2.30. The Bertz CT molecular complexity index is 1380. The average Bonchev–Trinajstić information content (AvgIpc) is 3.51. The maximum atomic E-state index is 13.2. The number of halogens is 1. The van der Waals surface area contributed by atoms with Crippen molar-refractivity contribution >= 4 is 27.3 Å². The number of nitrogens with zero attached hydrogens (tertiary/aromatic N) is 1. The Morgan fingerprint density at radius 2 is 1.90 bits per heavy atom. The third-order valence-electron chi connectivity index (χ3n) is 6.31. The van der Waals surface area contributed by atoms with Gasteiger partial charge in [-0.1, -0.05) is 12.1 Å². The van der Waals surface area contributed by atoms with Crippen LogP contribution in [0.1, 0.15) is 23.5 Å². The first-order chi connectivity index (χ1) is 19.3. The van der Waals surface area contributed by atoms with E-state index in [-0.39, 0.29) is 55.2 Å². The summed E-state index contributed by atoms with van der Waals surface area (Å²) >= 11 is 1.54. The topological polar surface area (TPSA) is 114 Å². The van der Waals surface area contributed by atoms with Crippen molar-refractivity contribution in [3.05, 3.63) is 94.1 Å². The molecule has 2 unspecified atom stereocenters. The number of sulfonamides is 1. The number of carbonyl (C=O) groups excluding carboxylic acids is 1. The molecule has 2 N–H and O–H groups in total. The van der Waals surface area contributed by atoms with Crippen molar-refractivity contribution in [2.24, 2.45) is 0 Å². The summed E-state index contributed by atoms with van der Waals surface area (Å²) in [5.41, 5.74) is 1.74. The number of benzene rings is 2. The average molecular weight is 591 g/mol. The first-order valence-electron chi connectivity index (χ1n) is 12.6. The van der Waals surface area contributed by atoms with Crippen LogP contribution in [0.3, 0.4) is 0 Å². The van der Waals surface area contributed by atoms with Crippen molar-refractivity contribution in [3.8, 4) is 5.75 Å². The second-order valence-corrected chi connectivity index (χ2v) is 11.7. The maximum Gasteiger partial charge on any atom is 0.286 e. The molecule has 0 saturated carbocycles. The van der Waals surface area contributed by atoms with E-state index in [1.807, 2.05) is 16.8 Å². The van der Waals surface area contributed by atoms with E-state index >= 15 is 0 Å². The molecule has 40 heavy (non-hydrogen) atoms. The first kappa shape index (κ1) is 29.7. The van der Waals surface area contributed by atoms with E-state index in [0.29, 0.717) is 12.2 Å². The summed E-state index contributed by atoms with van der Waals surface area (Å²) in [6.07, 6.45) is 1.37. The van der Waals surface area contributed by atoms with E-state index in [0.717, 1.165) is 15.4 Å². The number of ether oxygens (including phenoxy) is 3. The van der Waals surface area contributed by atoms with Gasteiger partial charge in [0.15, 0.2) is 5.76 Å². The molecule has 1 aromatic heterocycles. The molecule has 0 bridgehead atoms. The van der Waals surface area contributed by atoms with Crippen LogP contribution in [0.2, 0.25) is 0 Å². The Morgan fingerprint density at radius 1 is 1.15 bits per heavy atom. The van der Waals surface area contributed by atoms with Crippen LogP contribution in [-0.4, -0.2) is 63.4 Å². The zero-order chi connectivity index (χ0) is 28.5. The highest BCUT2D eigenvalue weighted by Gasteiger charge is 2.30. The molecule has 1 amide bonds. The predicted molar refractivity (Wildman–Crippen MR) is 148 cm³/mol. The van der Waals surface area contributed by atoms with Crippen LogP contribution in [0.5, 0.6) is 5.75 Å². The van der Waals surface area contributed by atoms with Crippen LogP contribution in [0.25, 0.3) is 0 Å². The van der Waals surface area contributed by atoms with Gasteiger partial charge in [-0.3, -0.25) is 4.79 Å². The Labute approximate surface area is 236 Å². The Morgan fingerprint density at radius 3 is 2.55 bits per heavy atom. The minimum atomic E-state index is -3.90. The van der Waals surface area contributed by atoms with Crippen LogP contribution in [0, 0.1) is 5.82 Å². The van der Waals surface area contributed by atoms with Gasteiger partial charge in [-0.05, 0) is 70.4 Å². The number of hydrogen-bond donors (Lipinski definition) is 2. The fourth-order valence-electron chi connectivity index (χ4n) is 4.15. The lowest BCUT2D eigenvalue weighted by molar-refractivity contribution is -0.146. The molecule has 3 aromatic rings. The molecule has 2 aromatic carbocycles. The van der Waals surface area contributed by atoms with Gasteiger partial charge >= 0.3 is 0 Å². The normalized spacial score (nSPS) is 17.2. The van der Waals surface area contributed by atoms with Gasteiger partial charge < -0.3 is 24.6 Å². The third-order valence-corrected chi connectivity index (χ3v) is 8.92. The number of methoxy groups -OCH3 is 1. The summed E-state index contributed by atoms with van der Waals surface area (Å²) in [6.45, 7) is -0.350. The molecule has 0 radical (unpaired) electrons. The number of rotatable bonds is 13. The Balaban J connectivity index is 1.40. The second-order valence-electron chi connectivity index (χ2n) is 8.96. The summed E-state index contributed by atoms with van der Waals surface area (Å²) in [6, 6.07) is 13.8. The summed E-state index contributed by atoms with van der Waals surface area (Å²) in [7, 11) is -2.41. The Hall–Kier alpha value is -3.29. The monoisotopic (exact) mass is 590 g/mol. The molecule has 0 spiro atoms. The van der Waals surface area contributed by atoms with Gasteiger partial charge in [0.25, 0.3) is 5.91 Å². The van der Waals surface area contributed by atoms with E-state index in [2.05, 4.69) is 5.32 Å². The smallest absolute Gasteiger partial charge is 0.286 e. The molecule has 214 valence electrons. The summed E-state index contributed by atoms with van der Waals surface area (Å²) in [5.74, 6) is -0.333. The molecular weight excluding hydrogens is 559 g/mol. The summed E-state index contributed by atoms with van der Waals surface area (Å²) < 4.78 is 57.5. The van der Waals surface area contributed by atoms with Gasteiger partial charge in [0, 0.05) is 32.0 Å². The largest absolute Gasteiger partial charge is 0.497 e. The number of allylic oxidation sites excluding steroid dienone is 1. The van der Waals surface area contributed by atoms with Crippen LogP contribution in [0.4, 0.5) is 4.39 Å². The van der Waals surface area contributed by atoms with E-state index in [4.69, 9.17) is 14.2 Å². The molecule has 1 aliphatic heterocycles. The van der Waals surface area contributed by atoms with Gasteiger partial charge in [0.2, 0.25) is 16.3 Å². The highest BCUT2D eigenvalue weighted by atomic mass is 32.2. The number of hydrogen-bond acceptors (Lipinski definition) is 8. The highest BCUT2D eigenvalue weighted by Crippen LogP contribution is 2.32. The quantitative estimate of drug-likeness (QED) is 0.313. The summed E-state index contributed by atoms with van der Waals surface area (Å²) in [5, 5.41) is 16.2. The number of amides is 1. The number of aliphatic hydroxyl groups is 1. The van der Waals surface area contributed by atoms with E-state index < -0.39 is 22.2 Å². The van der Waals surface area contributed by atoms with Crippen LogP contribution in [-0.2, 0) is 30.8 Å². The minimum Gasteiger partial charge on any atom is -0.497 e. The minimum absolute atomic E-state index is 0.0269. The molecule has 1 aliphatic rings. The van der Waals surface area contributed by atoms with E-state index in [1.165, 1.54) is 42.7 Å². The van der Waals surface area contributed by atoms with Crippen molar-refractivity contribution in [1.82, 2.24) is 9.62 Å². The molecule has 4 rings (SSSR count). The van der Waals surface area contributed by atoms with Gasteiger partial charge in [-0.2, -0.15) is 15.6 Å². The lowest BCUT2D eigenvalue weighted by atomic mass is 9.95. The molecule has 0 aliphatic carbocycles. The van der Waals surface area contributed by atoms with E-state index in [1.54, 1.807) is 30.3 Å². The highest BCUT2D eigenvalue weighted by molar-refractivity contribution is 7.89. The van der Waals surface area contributed by atoms with Crippen LogP contribution in [0.15, 0.2) is 82.1 Å². The SMILES string of the molecule is COc1ccc(S(=O)(=O)N(CCO)CCOC2CC(c3ccsc3)C=C(C(=O)NCc3ccc(F)cc3)O2)cc1. The van der Waals surface area contributed by atoms with Crippen molar-refractivity contribution < 1.29 is 36.9 Å². The van der Waals surface area contributed by atoms with Gasteiger partial charge in [-0.25, -0.2) is 12.8 Å². The zero-order valence-electron chi connectivity index (χ0n) is 21.9. The molecule has 0 saturated heterocycles. The van der Waals surface area contributed by atoms with Gasteiger partial charge in [0.1, 0.15) is 11.6 Å². The number of carbonyl (C=O) groups is 1. The Kier molecular flexibility index (Phi) is 10.3. The molecule has 0 fully saturated rings. The van der Waals surface area contributed by atoms with Crippen molar-refractivity contribution in [2.45, 2.75) is 30.1 Å². The lowest BCUT2D eigenvalue weighted by Crippen LogP contribution is -2.38. The molecule has 9 nitrogen and oxygen atoms in total. The fourth-order valence-corrected chi connectivity index (χ4v) is 6.29. The van der Waals surface area contributed by atoms with Gasteiger partial charge in [0.05, 0.1) is 25.2 Å². The fraction of sp³-hybridized carbons (Fsp3) is 0.321. The number of aliphatic hydroxyl groups excluding tert-OH is 1. The van der Waals surface area contributed by atoms with Crippen molar-refractivity contribution in [1.29, 1.82) is 0 Å². The number of thiophene rings is 1. The molecule has 12 heteroatoms. The second kappa shape index (κ2) is 13.9. The third kappa shape index (κ3) is 7.67. The summed E-state index contributed by atoms with van der Waals surface area (Å²) in [4.78, 5) is 13.0. The molecular formula is C28H31FN2O7S2. The molecule has 2 heterocycles. The zero-order valence-corrected chi connectivity index (χ0v) is 23.5.